The minimum absolute atomic E-state index is 0.320. The molecule has 6 nitrogen and oxygen atoms in total. The van der Waals surface area contributed by atoms with Gasteiger partial charge in [-0.25, -0.2) is 10.8 Å². The van der Waals surface area contributed by atoms with Crippen LogP contribution in [-0.4, -0.2) is 20.7 Å². The summed E-state index contributed by atoms with van der Waals surface area (Å²) in [6.07, 6.45) is 4.64. The number of aromatic nitrogens is 2. The van der Waals surface area contributed by atoms with E-state index in [1.54, 1.807) is 6.07 Å². The van der Waals surface area contributed by atoms with Crippen molar-refractivity contribution < 1.29 is 0 Å². The van der Waals surface area contributed by atoms with Crippen molar-refractivity contribution in [1.29, 1.82) is 0 Å². The minimum Gasteiger partial charge on any atom is -0.322 e. The fourth-order valence-corrected chi connectivity index (χ4v) is 3.13. The van der Waals surface area contributed by atoms with Crippen LogP contribution in [0.25, 0.3) is 11.0 Å². The van der Waals surface area contributed by atoms with Gasteiger partial charge in [0, 0.05) is 0 Å². The zero-order valence-corrected chi connectivity index (χ0v) is 12.3. The number of hydrogen-bond acceptors (Lipinski definition) is 5. The molecule has 2 aromatic rings. The Morgan fingerprint density at radius 2 is 2.15 bits per heavy atom. The summed E-state index contributed by atoms with van der Waals surface area (Å²) in [5.74, 6) is 6.06. The quantitative estimate of drug-likeness (QED) is 0.343. The number of fused-ring (bicyclic) bond motifs is 1. The van der Waals surface area contributed by atoms with Crippen LogP contribution in [0.15, 0.2) is 17.1 Å². The second-order valence-corrected chi connectivity index (χ2v) is 5.68. The van der Waals surface area contributed by atoms with Gasteiger partial charge < -0.3 is 5.32 Å². The normalized spacial score (nSPS) is 16.8. The molecule has 1 aromatic heterocycles. The molecule has 1 aliphatic rings. The van der Waals surface area contributed by atoms with Crippen LogP contribution >= 0.6 is 23.3 Å². The Kier molecular flexibility index (Phi) is 4.00. The van der Waals surface area contributed by atoms with Crippen molar-refractivity contribution in [2.24, 2.45) is 10.8 Å². The largest absolute Gasteiger partial charge is 0.322 e. The number of guanidine groups is 1. The van der Waals surface area contributed by atoms with E-state index in [0.29, 0.717) is 22.7 Å². The van der Waals surface area contributed by atoms with Crippen LogP contribution in [0.4, 0.5) is 5.69 Å². The lowest BCUT2D eigenvalue weighted by atomic mass is 10.2. The van der Waals surface area contributed by atoms with Gasteiger partial charge in [0.2, 0.25) is 5.96 Å². The van der Waals surface area contributed by atoms with Crippen molar-refractivity contribution in [3.8, 4) is 0 Å². The molecule has 0 bridgehead atoms. The first-order chi connectivity index (χ1) is 9.78. The van der Waals surface area contributed by atoms with Gasteiger partial charge in [-0.15, -0.1) is 0 Å². The van der Waals surface area contributed by atoms with E-state index in [-0.39, 0.29) is 0 Å². The fourth-order valence-electron chi connectivity index (χ4n) is 2.39. The van der Waals surface area contributed by atoms with Crippen molar-refractivity contribution in [1.82, 2.24) is 14.2 Å². The topological polar surface area (TPSA) is 88.2 Å². The van der Waals surface area contributed by atoms with Crippen LogP contribution in [0.1, 0.15) is 25.7 Å². The van der Waals surface area contributed by atoms with Crippen molar-refractivity contribution in [2.75, 3.05) is 5.32 Å². The number of rotatable bonds is 2. The van der Waals surface area contributed by atoms with Gasteiger partial charge in [-0.05, 0) is 25.0 Å². The summed E-state index contributed by atoms with van der Waals surface area (Å²) >= 11 is 7.38. The summed E-state index contributed by atoms with van der Waals surface area (Å²) in [5, 5.41) is 3.71. The Morgan fingerprint density at radius 3 is 2.90 bits per heavy atom. The highest BCUT2D eigenvalue weighted by Gasteiger charge is 2.16. The summed E-state index contributed by atoms with van der Waals surface area (Å²) < 4.78 is 8.46. The van der Waals surface area contributed by atoms with Gasteiger partial charge in [0.05, 0.1) is 28.5 Å². The molecule has 0 aliphatic heterocycles. The first-order valence-corrected chi connectivity index (χ1v) is 7.61. The third-order valence-electron chi connectivity index (χ3n) is 3.39. The third-order valence-corrected chi connectivity index (χ3v) is 4.25. The van der Waals surface area contributed by atoms with E-state index in [1.165, 1.54) is 12.8 Å². The number of nitrogens with two attached hydrogens (primary N) is 1. The molecule has 1 aliphatic carbocycles. The van der Waals surface area contributed by atoms with Gasteiger partial charge in [0.1, 0.15) is 11.0 Å². The van der Waals surface area contributed by atoms with Crippen LogP contribution in [0.3, 0.4) is 0 Å². The number of benzene rings is 1. The van der Waals surface area contributed by atoms with Gasteiger partial charge in [0.15, 0.2) is 0 Å². The maximum atomic E-state index is 6.23. The number of nitrogens with one attached hydrogen (secondary N) is 2. The molecule has 20 heavy (non-hydrogen) atoms. The lowest BCUT2D eigenvalue weighted by molar-refractivity contribution is 0.700. The Balaban J connectivity index is 1.90. The average molecular weight is 311 g/mol. The molecule has 0 amide bonds. The predicted molar refractivity (Wildman–Crippen MR) is 83.1 cm³/mol. The van der Waals surface area contributed by atoms with Crippen LogP contribution in [0, 0.1) is 0 Å². The molecule has 3 rings (SSSR count). The third kappa shape index (κ3) is 2.70. The highest BCUT2D eigenvalue weighted by atomic mass is 35.5. The monoisotopic (exact) mass is 310 g/mol. The number of hydrogen-bond donors (Lipinski definition) is 3. The van der Waals surface area contributed by atoms with Gasteiger partial charge in [0.25, 0.3) is 0 Å². The molecule has 0 atom stereocenters. The molecule has 1 heterocycles. The van der Waals surface area contributed by atoms with Gasteiger partial charge >= 0.3 is 0 Å². The molecule has 1 aromatic carbocycles. The Hall–Kier alpha value is -1.44. The molecule has 1 saturated carbocycles. The maximum absolute atomic E-state index is 6.23. The average Bonchev–Trinajstić information content (AvgIpc) is 3.11. The molecule has 0 saturated heterocycles. The van der Waals surface area contributed by atoms with Crippen molar-refractivity contribution in [2.45, 2.75) is 31.7 Å². The second kappa shape index (κ2) is 5.90. The van der Waals surface area contributed by atoms with Gasteiger partial charge in [-0.2, -0.15) is 8.75 Å². The van der Waals surface area contributed by atoms with Gasteiger partial charge in [-0.1, -0.05) is 24.4 Å². The van der Waals surface area contributed by atoms with Crippen molar-refractivity contribution >= 4 is 46.0 Å². The molecule has 106 valence electrons. The Bertz CT molecular complexity index is 634. The molecule has 0 radical (unpaired) electrons. The van der Waals surface area contributed by atoms with Crippen molar-refractivity contribution in [3.05, 3.63) is 17.2 Å². The Labute approximate surface area is 125 Å². The summed E-state index contributed by atoms with van der Waals surface area (Å²) in [4.78, 5) is 4.59. The highest BCUT2D eigenvalue weighted by Crippen LogP contribution is 2.30. The first kappa shape index (κ1) is 13.5. The SMILES string of the molecule is NNC(=NC1CCCC1)Nc1c(Cl)ccc2nsnc12. The van der Waals surface area contributed by atoms with E-state index in [0.717, 1.165) is 35.6 Å². The van der Waals surface area contributed by atoms with E-state index in [1.807, 2.05) is 6.07 Å². The van der Waals surface area contributed by atoms with E-state index in [2.05, 4.69) is 24.5 Å². The number of hydrazine groups is 1. The van der Waals surface area contributed by atoms with E-state index in [4.69, 9.17) is 17.4 Å². The number of halogens is 1. The van der Waals surface area contributed by atoms with Crippen LogP contribution < -0.4 is 16.6 Å². The van der Waals surface area contributed by atoms with Gasteiger partial charge in [-0.3, -0.25) is 5.43 Å². The minimum atomic E-state index is 0.320. The second-order valence-electron chi connectivity index (χ2n) is 4.74. The number of anilines is 1. The van der Waals surface area contributed by atoms with Crippen molar-refractivity contribution in [3.63, 3.8) is 0 Å². The van der Waals surface area contributed by atoms with Crippen LogP contribution in [-0.2, 0) is 0 Å². The molecule has 1 fully saturated rings. The van der Waals surface area contributed by atoms with E-state index >= 15 is 0 Å². The molecule has 0 unspecified atom stereocenters. The molecule has 4 N–H and O–H groups in total. The fraction of sp³-hybridized carbons (Fsp3) is 0.417. The smallest absolute Gasteiger partial charge is 0.210 e. The molecular formula is C12H15ClN6S. The zero-order valence-electron chi connectivity index (χ0n) is 10.8. The van der Waals surface area contributed by atoms with Crippen LogP contribution in [0.5, 0.6) is 0 Å². The summed E-state index contributed by atoms with van der Waals surface area (Å²) in [7, 11) is 0. The summed E-state index contributed by atoms with van der Waals surface area (Å²) in [6.45, 7) is 0. The lowest BCUT2D eigenvalue weighted by Crippen LogP contribution is -2.37. The van der Waals surface area contributed by atoms with Crippen LogP contribution in [0.2, 0.25) is 5.02 Å². The maximum Gasteiger partial charge on any atom is 0.210 e. The summed E-state index contributed by atoms with van der Waals surface area (Å²) in [6, 6.07) is 3.95. The zero-order chi connectivity index (χ0) is 13.9. The number of nitrogens with zero attached hydrogens (tertiary/aromatic N) is 3. The van der Waals surface area contributed by atoms with E-state index < -0.39 is 0 Å². The lowest BCUT2D eigenvalue weighted by Gasteiger charge is -2.13. The molecular weight excluding hydrogens is 296 g/mol. The highest BCUT2D eigenvalue weighted by molar-refractivity contribution is 7.00. The first-order valence-electron chi connectivity index (χ1n) is 6.50. The van der Waals surface area contributed by atoms with E-state index in [9.17, 15) is 0 Å². The molecule has 0 spiro atoms. The summed E-state index contributed by atoms with van der Waals surface area (Å²) in [5.41, 5.74) is 4.82. The number of aliphatic imine (C=N–C) groups is 1. The molecule has 8 heteroatoms. The standard InChI is InChI=1S/C12H15ClN6S/c13-8-5-6-9-11(19-20-18-9)10(8)16-12(17-14)15-7-3-1-2-4-7/h5-7H,1-4,14H2,(H2,15,16,17). The predicted octanol–water partition coefficient (Wildman–Crippen LogP) is 2.52. The Morgan fingerprint density at radius 1 is 1.35 bits per heavy atom.